The maximum absolute atomic E-state index is 2.47. The van der Waals surface area contributed by atoms with Crippen molar-refractivity contribution in [3.8, 4) is 0 Å². The van der Waals surface area contributed by atoms with Crippen LogP contribution < -0.4 is 0 Å². The normalized spacial score (nSPS) is 14.2. The molecule has 0 aromatic carbocycles. The van der Waals surface area contributed by atoms with Gasteiger partial charge >= 0.3 is 0 Å². The summed E-state index contributed by atoms with van der Waals surface area (Å²) < 4.78 is 0. The van der Waals surface area contributed by atoms with Gasteiger partial charge in [0.05, 0.1) is 6.67 Å². The van der Waals surface area contributed by atoms with Gasteiger partial charge in [-0.25, -0.2) is 0 Å². The predicted octanol–water partition coefficient (Wildman–Crippen LogP) is 6.53. The molecule has 0 saturated heterocycles. The molecular weight excluding hydrogens is 280 g/mol. The van der Waals surface area contributed by atoms with Crippen LogP contribution in [0.15, 0.2) is 12.4 Å². The van der Waals surface area contributed by atoms with Crippen LogP contribution in [0.2, 0.25) is 0 Å². The molecule has 0 N–H and O–H groups in total. The summed E-state index contributed by atoms with van der Waals surface area (Å²) in [5.41, 5.74) is 0. The second kappa shape index (κ2) is 14.9. The lowest BCUT2D eigenvalue weighted by atomic mass is 10.0. The quantitative estimate of drug-likeness (QED) is 0.298. The van der Waals surface area contributed by atoms with Crippen LogP contribution in [0.5, 0.6) is 0 Å². The minimum absolute atomic E-state index is 1.12. The van der Waals surface area contributed by atoms with Crippen LogP contribution in [0.3, 0.4) is 0 Å². The first-order valence-corrected chi connectivity index (χ1v) is 10.5. The number of hydrogen-bond donors (Lipinski definition) is 0. The molecule has 2 heteroatoms. The van der Waals surface area contributed by atoms with Crippen LogP contribution in [0.4, 0.5) is 0 Å². The Bertz CT molecular complexity index is 275. The summed E-state index contributed by atoms with van der Waals surface area (Å²) in [6, 6.07) is 0. The molecule has 1 rings (SSSR count). The average Bonchev–Trinajstić information content (AvgIpc) is 3.00. The molecule has 0 atom stereocenters. The van der Waals surface area contributed by atoms with Crippen molar-refractivity contribution in [2.45, 2.75) is 104 Å². The summed E-state index contributed by atoms with van der Waals surface area (Å²) in [4.78, 5) is 4.89. The summed E-state index contributed by atoms with van der Waals surface area (Å²) in [5, 5.41) is 0. The summed E-state index contributed by atoms with van der Waals surface area (Å²) in [7, 11) is 0. The molecule has 0 amide bonds. The lowest BCUT2D eigenvalue weighted by molar-refractivity contribution is 0.261. The molecule has 0 aliphatic carbocycles. The molecule has 0 bridgehead atoms. The fourth-order valence-corrected chi connectivity index (χ4v) is 3.43. The van der Waals surface area contributed by atoms with Crippen molar-refractivity contribution in [2.75, 3.05) is 19.8 Å². The first kappa shape index (κ1) is 20.4. The lowest BCUT2D eigenvalue weighted by Crippen LogP contribution is -2.26. The van der Waals surface area contributed by atoms with E-state index < -0.39 is 0 Å². The fourth-order valence-electron chi connectivity index (χ4n) is 3.43. The molecule has 0 aromatic rings. The van der Waals surface area contributed by atoms with E-state index in [4.69, 9.17) is 0 Å². The van der Waals surface area contributed by atoms with Gasteiger partial charge in [0.2, 0.25) is 0 Å². The zero-order valence-electron chi connectivity index (χ0n) is 16.1. The van der Waals surface area contributed by atoms with E-state index in [-0.39, 0.29) is 0 Å². The number of unbranched alkanes of at least 4 members (excludes halogenated alkanes) is 12. The molecule has 0 saturated carbocycles. The van der Waals surface area contributed by atoms with E-state index in [0.29, 0.717) is 0 Å². The van der Waals surface area contributed by atoms with Gasteiger partial charge in [-0.1, -0.05) is 90.9 Å². The largest absolute Gasteiger partial charge is 0.359 e. The predicted molar refractivity (Wildman–Crippen MR) is 103 cm³/mol. The van der Waals surface area contributed by atoms with E-state index in [9.17, 15) is 0 Å². The Kier molecular flexibility index (Phi) is 13.2. The standard InChI is InChI=1S/C21H42N2/c1-3-5-6-7-8-9-10-11-12-13-14-15-16-18-23-20-19-22(21-23)17-4-2/h19-20H,3-18,21H2,1-2H3. The summed E-state index contributed by atoms with van der Waals surface area (Å²) in [6.07, 6.45) is 24.5. The van der Waals surface area contributed by atoms with E-state index in [0.717, 1.165) is 6.67 Å². The SMILES string of the molecule is CCCCCCCCCCCCCCCN1C=CN(CCC)C1. The monoisotopic (exact) mass is 322 g/mol. The topological polar surface area (TPSA) is 6.48 Å². The molecule has 0 spiro atoms. The highest BCUT2D eigenvalue weighted by molar-refractivity contribution is 4.90. The minimum Gasteiger partial charge on any atom is -0.359 e. The molecule has 0 radical (unpaired) electrons. The van der Waals surface area contributed by atoms with Gasteiger partial charge < -0.3 is 9.80 Å². The van der Waals surface area contributed by atoms with Gasteiger partial charge in [0.15, 0.2) is 0 Å². The molecule has 2 nitrogen and oxygen atoms in total. The molecule has 136 valence electrons. The molecule has 1 aliphatic heterocycles. The van der Waals surface area contributed by atoms with Gasteiger partial charge in [-0.15, -0.1) is 0 Å². The second-order valence-electron chi connectivity index (χ2n) is 7.31. The summed E-state index contributed by atoms with van der Waals surface area (Å²) in [6.45, 7) is 8.11. The molecule has 0 fully saturated rings. The van der Waals surface area contributed by atoms with Crippen molar-refractivity contribution >= 4 is 0 Å². The van der Waals surface area contributed by atoms with Gasteiger partial charge in [-0.3, -0.25) is 0 Å². The maximum Gasteiger partial charge on any atom is 0.0893 e. The smallest absolute Gasteiger partial charge is 0.0893 e. The molecule has 0 unspecified atom stereocenters. The zero-order valence-corrected chi connectivity index (χ0v) is 16.1. The Labute approximate surface area is 146 Å². The summed E-state index contributed by atoms with van der Waals surface area (Å²) >= 11 is 0. The molecule has 23 heavy (non-hydrogen) atoms. The van der Waals surface area contributed by atoms with Gasteiger partial charge in [-0.05, 0) is 12.8 Å². The molecule has 1 heterocycles. The number of nitrogens with zero attached hydrogens (tertiary/aromatic N) is 2. The van der Waals surface area contributed by atoms with Gasteiger partial charge in [0.1, 0.15) is 0 Å². The third-order valence-corrected chi connectivity index (χ3v) is 4.91. The second-order valence-corrected chi connectivity index (χ2v) is 7.31. The van der Waals surface area contributed by atoms with Crippen molar-refractivity contribution < 1.29 is 0 Å². The van der Waals surface area contributed by atoms with E-state index in [1.807, 2.05) is 0 Å². The van der Waals surface area contributed by atoms with Gasteiger partial charge in [0.25, 0.3) is 0 Å². The van der Waals surface area contributed by atoms with E-state index >= 15 is 0 Å². The third kappa shape index (κ3) is 11.5. The van der Waals surface area contributed by atoms with Crippen molar-refractivity contribution in [2.24, 2.45) is 0 Å². The van der Waals surface area contributed by atoms with Crippen LogP contribution in [0.25, 0.3) is 0 Å². The fraction of sp³-hybridized carbons (Fsp3) is 0.905. The van der Waals surface area contributed by atoms with Crippen molar-refractivity contribution in [1.82, 2.24) is 9.80 Å². The third-order valence-electron chi connectivity index (χ3n) is 4.91. The molecule has 0 aromatic heterocycles. The lowest BCUT2D eigenvalue weighted by Gasteiger charge is -2.20. The zero-order chi connectivity index (χ0) is 16.6. The summed E-state index contributed by atoms with van der Waals surface area (Å²) in [5.74, 6) is 0. The Morgan fingerprint density at radius 2 is 0.957 bits per heavy atom. The molecular formula is C21H42N2. The highest BCUT2D eigenvalue weighted by Gasteiger charge is 2.09. The Morgan fingerprint density at radius 3 is 1.43 bits per heavy atom. The molecule has 1 aliphatic rings. The van der Waals surface area contributed by atoms with E-state index in [1.165, 1.54) is 103 Å². The van der Waals surface area contributed by atoms with Crippen molar-refractivity contribution in [3.63, 3.8) is 0 Å². The first-order valence-electron chi connectivity index (χ1n) is 10.5. The number of hydrogen-bond acceptors (Lipinski definition) is 2. The Morgan fingerprint density at radius 1 is 0.522 bits per heavy atom. The van der Waals surface area contributed by atoms with Crippen molar-refractivity contribution in [3.05, 3.63) is 12.4 Å². The number of rotatable bonds is 16. The van der Waals surface area contributed by atoms with Crippen LogP contribution in [-0.4, -0.2) is 29.6 Å². The minimum atomic E-state index is 1.12. The first-order chi connectivity index (χ1) is 11.4. The van der Waals surface area contributed by atoms with Crippen LogP contribution >= 0.6 is 0 Å². The van der Waals surface area contributed by atoms with Crippen molar-refractivity contribution in [1.29, 1.82) is 0 Å². The van der Waals surface area contributed by atoms with Gasteiger partial charge in [-0.2, -0.15) is 0 Å². The highest BCUT2D eigenvalue weighted by Crippen LogP contribution is 2.13. The van der Waals surface area contributed by atoms with Crippen LogP contribution in [-0.2, 0) is 0 Å². The Hall–Kier alpha value is -0.660. The van der Waals surface area contributed by atoms with Gasteiger partial charge in [0, 0.05) is 25.5 Å². The maximum atomic E-state index is 2.47. The highest BCUT2D eigenvalue weighted by atomic mass is 15.3. The van der Waals surface area contributed by atoms with Crippen LogP contribution in [0.1, 0.15) is 104 Å². The van der Waals surface area contributed by atoms with E-state index in [2.05, 4.69) is 36.0 Å². The van der Waals surface area contributed by atoms with Crippen LogP contribution in [0, 0.1) is 0 Å². The Balaban J connectivity index is 1.75. The average molecular weight is 323 g/mol. The van der Waals surface area contributed by atoms with E-state index in [1.54, 1.807) is 0 Å².